The Morgan fingerprint density at radius 1 is 0.906 bits per heavy atom. The third-order valence-corrected chi connectivity index (χ3v) is 5.53. The SMILES string of the molecule is COc1cccc(/C(O)=C2/C(=O)C(=O)N(c3ccc(C)cc3)C2c2ccccc2OC)c1. The van der Waals surface area contributed by atoms with E-state index in [1.165, 1.54) is 19.1 Å². The van der Waals surface area contributed by atoms with Gasteiger partial charge in [0.25, 0.3) is 11.7 Å². The van der Waals surface area contributed by atoms with Gasteiger partial charge in [0.05, 0.1) is 25.8 Å². The lowest BCUT2D eigenvalue weighted by Gasteiger charge is -2.26. The standard InChI is InChI=1S/C26H23NO5/c1-16-11-13-18(14-12-16)27-23(20-9-4-5-10-21(20)32-3)22(25(29)26(27)30)24(28)17-7-6-8-19(15-17)31-2/h4-15,23,28H,1-3H3/b24-22-. The van der Waals surface area contributed by atoms with E-state index in [2.05, 4.69) is 0 Å². The number of anilines is 1. The van der Waals surface area contributed by atoms with Gasteiger partial charge in [-0.1, -0.05) is 48.0 Å². The molecule has 1 aliphatic rings. The summed E-state index contributed by atoms with van der Waals surface area (Å²) in [7, 11) is 3.04. The number of amides is 1. The van der Waals surface area contributed by atoms with Crippen molar-refractivity contribution in [1.29, 1.82) is 0 Å². The zero-order chi connectivity index (χ0) is 22.8. The number of carbonyl (C=O) groups is 2. The average molecular weight is 429 g/mol. The van der Waals surface area contributed by atoms with E-state index >= 15 is 0 Å². The van der Waals surface area contributed by atoms with Gasteiger partial charge in [-0.15, -0.1) is 0 Å². The first kappa shape index (κ1) is 21.2. The molecule has 1 unspecified atom stereocenters. The fourth-order valence-electron chi connectivity index (χ4n) is 3.92. The van der Waals surface area contributed by atoms with Crippen LogP contribution in [-0.2, 0) is 9.59 Å². The Morgan fingerprint density at radius 2 is 1.62 bits per heavy atom. The minimum atomic E-state index is -0.861. The summed E-state index contributed by atoms with van der Waals surface area (Å²) < 4.78 is 10.8. The number of nitrogens with zero attached hydrogens (tertiary/aromatic N) is 1. The second-order valence-electron chi connectivity index (χ2n) is 7.48. The van der Waals surface area contributed by atoms with Crippen LogP contribution in [0.1, 0.15) is 22.7 Å². The summed E-state index contributed by atoms with van der Waals surface area (Å²) in [5.74, 6) is -0.715. The van der Waals surface area contributed by atoms with Crippen molar-refractivity contribution in [3.05, 3.63) is 95.1 Å². The summed E-state index contributed by atoms with van der Waals surface area (Å²) in [5, 5.41) is 11.2. The normalized spacial score (nSPS) is 17.5. The van der Waals surface area contributed by atoms with Crippen LogP contribution in [-0.4, -0.2) is 31.0 Å². The smallest absolute Gasteiger partial charge is 0.300 e. The molecule has 4 rings (SSSR count). The highest BCUT2D eigenvalue weighted by Gasteiger charge is 2.47. The molecule has 1 amide bonds. The van der Waals surface area contributed by atoms with Gasteiger partial charge in [-0.05, 0) is 37.3 Å². The largest absolute Gasteiger partial charge is 0.507 e. The number of para-hydroxylation sites is 1. The van der Waals surface area contributed by atoms with Crippen LogP contribution in [0.15, 0.2) is 78.4 Å². The lowest BCUT2D eigenvalue weighted by molar-refractivity contribution is -0.132. The predicted molar refractivity (Wildman–Crippen MR) is 122 cm³/mol. The van der Waals surface area contributed by atoms with Crippen LogP contribution in [0.3, 0.4) is 0 Å². The molecule has 6 heteroatoms. The number of hydrogen-bond acceptors (Lipinski definition) is 5. The van der Waals surface area contributed by atoms with Gasteiger partial charge in [0.2, 0.25) is 0 Å². The lowest BCUT2D eigenvalue weighted by atomic mass is 9.94. The number of hydrogen-bond donors (Lipinski definition) is 1. The van der Waals surface area contributed by atoms with E-state index in [1.54, 1.807) is 54.6 Å². The molecule has 0 aliphatic carbocycles. The van der Waals surface area contributed by atoms with Gasteiger partial charge in [0.1, 0.15) is 17.3 Å². The number of benzene rings is 3. The molecular formula is C26H23NO5. The number of ketones is 1. The molecule has 3 aromatic carbocycles. The lowest BCUT2D eigenvalue weighted by Crippen LogP contribution is -2.29. The maximum atomic E-state index is 13.2. The zero-order valence-corrected chi connectivity index (χ0v) is 18.0. The summed E-state index contributed by atoms with van der Waals surface area (Å²) in [6.07, 6.45) is 0. The minimum Gasteiger partial charge on any atom is -0.507 e. The molecule has 1 aliphatic heterocycles. The van der Waals surface area contributed by atoms with E-state index in [4.69, 9.17) is 9.47 Å². The van der Waals surface area contributed by atoms with Gasteiger partial charge in [0.15, 0.2) is 0 Å². The topological polar surface area (TPSA) is 76.1 Å². The molecule has 0 bridgehead atoms. The molecule has 0 radical (unpaired) electrons. The van der Waals surface area contributed by atoms with Crippen molar-refractivity contribution in [3.63, 3.8) is 0 Å². The van der Waals surface area contributed by atoms with Gasteiger partial charge in [-0.3, -0.25) is 14.5 Å². The summed E-state index contributed by atoms with van der Waals surface area (Å²) in [6, 6.07) is 20.3. The Bertz CT molecular complexity index is 1210. The number of aliphatic hydroxyl groups is 1. The highest BCUT2D eigenvalue weighted by Crippen LogP contribution is 2.45. The molecule has 1 fully saturated rings. The van der Waals surface area contributed by atoms with Crippen molar-refractivity contribution in [1.82, 2.24) is 0 Å². The molecular weight excluding hydrogens is 406 g/mol. The zero-order valence-electron chi connectivity index (χ0n) is 18.0. The first-order chi connectivity index (χ1) is 15.5. The molecule has 0 aromatic heterocycles. The second kappa shape index (κ2) is 8.59. The number of methoxy groups -OCH3 is 2. The summed E-state index contributed by atoms with van der Waals surface area (Å²) in [4.78, 5) is 27.8. The summed E-state index contributed by atoms with van der Waals surface area (Å²) in [6.45, 7) is 1.94. The quantitative estimate of drug-likeness (QED) is 0.363. The van der Waals surface area contributed by atoms with Gasteiger partial charge < -0.3 is 14.6 Å². The van der Waals surface area contributed by atoms with Crippen molar-refractivity contribution >= 4 is 23.1 Å². The third kappa shape index (κ3) is 3.60. The van der Waals surface area contributed by atoms with E-state index in [0.29, 0.717) is 28.3 Å². The molecule has 1 heterocycles. The number of carbonyl (C=O) groups excluding carboxylic acids is 2. The van der Waals surface area contributed by atoms with Crippen LogP contribution in [0.2, 0.25) is 0 Å². The number of aliphatic hydroxyl groups excluding tert-OH is 1. The maximum absolute atomic E-state index is 13.2. The van der Waals surface area contributed by atoms with Crippen molar-refractivity contribution < 1.29 is 24.2 Å². The van der Waals surface area contributed by atoms with E-state index < -0.39 is 17.7 Å². The van der Waals surface area contributed by atoms with Gasteiger partial charge >= 0.3 is 0 Å². The highest BCUT2D eigenvalue weighted by molar-refractivity contribution is 6.51. The molecule has 1 saturated heterocycles. The van der Waals surface area contributed by atoms with Crippen LogP contribution in [0.4, 0.5) is 5.69 Å². The minimum absolute atomic E-state index is 0.00618. The van der Waals surface area contributed by atoms with E-state index in [9.17, 15) is 14.7 Å². The Labute approximate surface area is 186 Å². The van der Waals surface area contributed by atoms with Crippen molar-refractivity contribution in [2.24, 2.45) is 0 Å². The van der Waals surface area contributed by atoms with Gasteiger partial charge in [-0.2, -0.15) is 0 Å². The summed E-state index contributed by atoms with van der Waals surface area (Å²) >= 11 is 0. The second-order valence-corrected chi connectivity index (χ2v) is 7.48. The van der Waals surface area contributed by atoms with E-state index in [0.717, 1.165) is 5.56 Å². The number of ether oxygens (including phenoxy) is 2. The van der Waals surface area contributed by atoms with Crippen LogP contribution < -0.4 is 14.4 Å². The number of aryl methyl sites for hydroxylation is 1. The molecule has 162 valence electrons. The van der Waals surface area contributed by atoms with Gasteiger partial charge in [0, 0.05) is 16.8 Å². The summed E-state index contributed by atoms with van der Waals surface area (Å²) in [5.41, 5.74) is 2.55. The first-order valence-electron chi connectivity index (χ1n) is 10.1. The Hall–Kier alpha value is -4.06. The first-order valence-corrected chi connectivity index (χ1v) is 10.1. The molecule has 0 spiro atoms. The molecule has 6 nitrogen and oxygen atoms in total. The fraction of sp³-hybridized carbons (Fsp3) is 0.154. The van der Waals surface area contributed by atoms with Crippen molar-refractivity contribution in [2.75, 3.05) is 19.1 Å². The highest BCUT2D eigenvalue weighted by atomic mass is 16.5. The number of Topliss-reactive ketones (excluding diaryl/α,β-unsaturated/α-hetero) is 1. The van der Waals surface area contributed by atoms with Crippen LogP contribution in [0.25, 0.3) is 5.76 Å². The molecule has 3 aromatic rings. The maximum Gasteiger partial charge on any atom is 0.300 e. The van der Waals surface area contributed by atoms with Crippen molar-refractivity contribution in [3.8, 4) is 11.5 Å². The van der Waals surface area contributed by atoms with E-state index in [1.807, 2.05) is 25.1 Å². The molecule has 1 N–H and O–H groups in total. The number of rotatable bonds is 5. The Balaban J connectivity index is 1.98. The average Bonchev–Trinajstić information content (AvgIpc) is 3.09. The molecule has 32 heavy (non-hydrogen) atoms. The molecule has 0 saturated carbocycles. The van der Waals surface area contributed by atoms with Crippen LogP contribution >= 0.6 is 0 Å². The monoisotopic (exact) mass is 429 g/mol. The fourth-order valence-corrected chi connectivity index (χ4v) is 3.92. The van der Waals surface area contributed by atoms with E-state index in [-0.39, 0.29) is 11.3 Å². The Kier molecular flexibility index (Phi) is 5.69. The third-order valence-electron chi connectivity index (χ3n) is 5.53. The van der Waals surface area contributed by atoms with Crippen molar-refractivity contribution in [2.45, 2.75) is 13.0 Å². The molecule has 1 atom stereocenters. The van der Waals surface area contributed by atoms with Gasteiger partial charge in [-0.25, -0.2) is 0 Å². The predicted octanol–water partition coefficient (Wildman–Crippen LogP) is 4.64. The Morgan fingerprint density at radius 3 is 2.31 bits per heavy atom. The van der Waals surface area contributed by atoms with Crippen LogP contribution in [0, 0.1) is 6.92 Å². The van der Waals surface area contributed by atoms with Crippen LogP contribution in [0.5, 0.6) is 11.5 Å².